The van der Waals surface area contributed by atoms with Gasteiger partial charge in [0.2, 0.25) is 0 Å². The van der Waals surface area contributed by atoms with Crippen LogP contribution in [0.15, 0.2) is 42.5 Å². The van der Waals surface area contributed by atoms with E-state index in [4.69, 9.17) is 4.74 Å². The lowest BCUT2D eigenvalue weighted by atomic mass is 10.0. The molecule has 1 heterocycles. The summed E-state index contributed by atoms with van der Waals surface area (Å²) >= 11 is 0. The van der Waals surface area contributed by atoms with Crippen molar-refractivity contribution in [3.63, 3.8) is 0 Å². The van der Waals surface area contributed by atoms with E-state index in [1.54, 1.807) is 30.1 Å². The number of rotatable bonds is 5. The van der Waals surface area contributed by atoms with Crippen molar-refractivity contribution in [2.75, 3.05) is 44.5 Å². The van der Waals surface area contributed by atoms with E-state index in [1.807, 2.05) is 14.1 Å². The monoisotopic (exact) mass is 382 g/mol. The molecule has 3 rings (SSSR count). The molecule has 0 aliphatic carbocycles. The minimum absolute atomic E-state index is 0.000213. The summed E-state index contributed by atoms with van der Waals surface area (Å²) in [6, 6.07) is 13.3. The number of carbonyl (C=O) groups excluding carboxylic acids is 2. The van der Waals surface area contributed by atoms with E-state index in [9.17, 15) is 9.59 Å². The minimum atomic E-state index is -0.292. The van der Waals surface area contributed by atoms with Crippen LogP contribution in [0.3, 0.4) is 0 Å². The normalized spacial score (nSPS) is 14.3. The highest BCUT2D eigenvalue weighted by molar-refractivity contribution is 5.98. The van der Waals surface area contributed by atoms with Gasteiger partial charge >= 0.3 is 6.03 Å². The molecule has 1 aliphatic heterocycles. The van der Waals surface area contributed by atoms with Gasteiger partial charge in [-0.1, -0.05) is 29.8 Å². The summed E-state index contributed by atoms with van der Waals surface area (Å²) in [4.78, 5) is 27.7. The molecule has 0 spiro atoms. The van der Waals surface area contributed by atoms with Crippen molar-refractivity contribution in [2.45, 2.75) is 13.0 Å². The Kier molecular flexibility index (Phi) is 5.84. The summed E-state index contributed by atoms with van der Waals surface area (Å²) < 4.78 is 5.46. The molecular weight excluding hydrogens is 356 g/mol. The fraction of sp³-hybridized carbons (Fsp3) is 0.333. The van der Waals surface area contributed by atoms with Gasteiger partial charge in [0.05, 0.1) is 11.7 Å². The van der Waals surface area contributed by atoms with Gasteiger partial charge in [-0.25, -0.2) is 4.79 Å². The fourth-order valence-electron chi connectivity index (χ4n) is 3.11. The lowest BCUT2D eigenvalue weighted by molar-refractivity contribution is -0.120. The SMILES string of the molecule is Cc1ccc([C@@H](CNC(=O)Nc2ccc3c(c2)OCC(=O)N3C)N(C)C)cc1. The highest BCUT2D eigenvalue weighted by Gasteiger charge is 2.22. The first-order chi connectivity index (χ1) is 13.3. The summed E-state index contributed by atoms with van der Waals surface area (Å²) in [5.74, 6) is 0.475. The summed E-state index contributed by atoms with van der Waals surface area (Å²) in [7, 11) is 5.68. The number of aryl methyl sites for hydroxylation is 1. The second kappa shape index (κ2) is 8.31. The van der Waals surface area contributed by atoms with Crippen LogP contribution >= 0.6 is 0 Å². The predicted octanol–water partition coefficient (Wildman–Crippen LogP) is 2.77. The molecule has 2 N–H and O–H groups in total. The number of hydrogen-bond donors (Lipinski definition) is 2. The average Bonchev–Trinajstić information content (AvgIpc) is 2.66. The molecule has 0 saturated heterocycles. The molecule has 2 aromatic carbocycles. The number of ether oxygens (including phenoxy) is 1. The maximum atomic E-state index is 12.4. The fourth-order valence-corrected chi connectivity index (χ4v) is 3.11. The molecule has 0 saturated carbocycles. The number of nitrogens with one attached hydrogen (secondary N) is 2. The molecule has 0 aromatic heterocycles. The van der Waals surface area contributed by atoms with E-state index < -0.39 is 0 Å². The molecule has 1 atom stereocenters. The zero-order valence-electron chi connectivity index (χ0n) is 16.7. The first-order valence-corrected chi connectivity index (χ1v) is 9.16. The third kappa shape index (κ3) is 4.43. The Morgan fingerprint density at radius 1 is 1.21 bits per heavy atom. The smallest absolute Gasteiger partial charge is 0.319 e. The molecule has 7 heteroatoms. The third-order valence-corrected chi connectivity index (χ3v) is 4.85. The molecule has 0 fully saturated rings. The van der Waals surface area contributed by atoms with Crippen LogP contribution in [0, 0.1) is 6.92 Å². The van der Waals surface area contributed by atoms with E-state index in [-0.39, 0.29) is 24.6 Å². The summed E-state index contributed by atoms with van der Waals surface area (Å²) in [5, 5.41) is 5.75. The molecule has 3 amide bonds. The number of urea groups is 1. The summed E-state index contributed by atoms with van der Waals surface area (Å²) in [5.41, 5.74) is 3.64. The second-order valence-corrected chi connectivity index (χ2v) is 7.15. The number of anilines is 2. The van der Waals surface area contributed by atoms with Gasteiger partial charge in [-0.2, -0.15) is 0 Å². The third-order valence-electron chi connectivity index (χ3n) is 4.85. The molecular formula is C21H26N4O3. The van der Waals surface area contributed by atoms with Gasteiger partial charge in [-0.05, 0) is 38.7 Å². The van der Waals surface area contributed by atoms with Crippen LogP contribution in [0.5, 0.6) is 5.75 Å². The van der Waals surface area contributed by atoms with E-state index >= 15 is 0 Å². The average molecular weight is 382 g/mol. The quantitative estimate of drug-likeness (QED) is 0.834. The highest BCUT2D eigenvalue weighted by Crippen LogP contribution is 2.33. The Labute approximate surface area is 165 Å². The number of fused-ring (bicyclic) bond motifs is 1. The molecule has 0 radical (unpaired) electrons. The zero-order chi connectivity index (χ0) is 20.3. The van der Waals surface area contributed by atoms with Crippen molar-refractivity contribution in [2.24, 2.45) is 0 Å². The number of likely N-dealkylation sites (N-methyl/N-ethyl adjacent to an activating group) is 2. The van der Waals surface area contributed by atoms with Gasteiger partial charge in [-0.15, -0.1) is 0 Å². The van der Waals surface area contributed by atoms with Crippen molar-refractivity contribution in [3.8, 4) is 5.75 Å². The Balaban J connectivity index is 1.62. The Bertz CT molecular complexity index is 864. The van der Waals surface area contributed by atoms with E-state index in [0.29, 0.717) is 23.7 Å². The lowest BCUT2D eigenvalue weighted by Crippen LogP contribution is -2.37. The van der Waals surface area contributed by atoms with Crippen molar-refractivity contribution in [1.82, 2.24) is 10.2 Å². The summed E-state index contributed by atoms with van der Waals surface area (Å²) in [6.45, 7) is 2.52. The molecule has 7 nitrogen and oxygen atoms in total. The molecule has 2 aromatic rings. The number of amides is 3. The minimum Gasteiger partial charge on any atom is -0.481 e. The number of carbonyl (C=O) groups is 2. The van der Waals surface area contributed by atoms with Crippen molar-refractivity contribution < 1.29 is 14.3 Å². The molecule has 148 valence electrons. The molecule has 1 aliphatic rings. The van der Waals surface area contributed by atoms with Gasteiger partial charge in [0, 0.05) is 25.3 Å². The Morgan fingerprint density at radius 2 is 1.93 bits per heavy atom. The standard InChI is InChI=1S/C21H26N4O3/c1-14-5-7-15(8-6-14)18(24(2)3)12-22-21(27)23-16-9-10-17-19(11-16)28-13-20(26)25(17)4/h5-11,18H,12-13H2,1-4H3,(H2,22,23,27)/t18-/m1/s1. The first-order valence-electron chi connectivity index (χ1n) is 9.16. The topological polar surface area (TPSA) is 73.9 Å². The lowest BCUT2D eigenvalue weighted by Gasteiger charge is -2.26. The first kappa shape index (κ1) is 19.7. The van der Waals surface area contributed by atoms with Crippen LogP contribution in [-0.2, 0) is 4.79 Å². The Morgan fingerprint density at radius 3 is 2.61 bits per heavy atom. The van der Waals surface area contributed by atoms with Crippen LogP contribution in [-0.4, -0.2) is 51.1 Å². The maximum absolute atomic E-state index is 12.4. The van der Waals surface area contributed by atoms with Gasteiger partial charge in [0.15, 0.2) is 6.61 Å². The van der Waals surface area contributed by atoms with Crippen LogP contribution in [0.1, 0.15) is 17.2 Å². The number of hydrogen-bond acceptors (Lipinski definition) is 4. The van der Waals surface area contributed by atoms with Gasteiger partial charge in [0.1, 0.15) is 5.75 Å². The van der Waals surface area contributed by atoms with Crippen LogP contribution in [0.25, 0.3) is 0 Å². The Hall–Kier alpha value is -3.06. The van der Waals surface area contributed by atoms with Gasteiger partial charge in [-0.3, -0.25) is 4.79 Å². The largest absolute Gasteiger partial charge is 0.481 e. The zero-order valence-corrected chi connectivity index (χ0v) is 16.7. The second-order valence-electron chi connectivity index (χ2n) is 7.15. The van der Waals surface area contributed by atoms with E-state index in [0.717, 1.165) is 5.56 Å². The van der Waals surface area contributed by atoms with Crippen LogP contribution in [0.4, 0.5) is 16.2 Å². The maximum Gasteiger partial charge on any atom is 0.319 e. The number of benzene rings is 2. The van der Waals surface area contributed by atoms with Crippen LogP contribution in [0.2, 0.25) is 0 Å². The van der Waals surface area contributed by atoms with E-state index in [1.165, 1.54) is 5.56 Å². The highest BCUT2D eigenvalue weighted by atomic mass is 16.5. The van der Waals surface area contributed by atoms with Crippen LogP contribution < -0.4 is 20.3 Å². The van der Waals surface area contributed by atoms with Gasteiger partial charge in [0.25, 0.3) is 5.91 Å². The predicted molar refractivity (Wildman–Crippen MR) is 110 cm³/mol. The van der Waals surface area contributed by atoms with Gasteiger partial charge < -0.3 is 25.2 Å². The summed E-state index contributed by atoms with van der Waals surface area (Å²) in [6.07, 6.45) is 0. The molecule has 0 bridgehead atoms. The number of nitrogens with zero attached hydrogens (tertiary/aromatic N) is 2. The van der Waals surface area contributed by atoms with Crippen molar-refractivity contribution in [1.29, 1.82) is 0 Å². The molecule has 28 heavy (non-hydrogen) atoms. The van der Waals surface area contributed by atoms with Crippen molar-refractivity contribution >= 4 is 23.3 Å². The molecule has 0 unspecified atom stereocenters. The van der Waals surface area contributed by atoms with E-state index in [2.05, 4.69) is 46.7 Å². The van der Waals surface area contributed by atoms with Crippen molar-refractivity contribution in [3.05, 3.63) is 53.6 Å².